The van der Waals surface area contributed by atoms with E-state index in [4.69, 9.17) is 4.74 Å². The van der Waals surface area contributed by atoms with Crippen molar-refractivity contribution >= 4 is 0 Å². The van der Waals surface area contributed by atoms with Crippen LogP contribution in [0.3, 0.4) is 0 Å². The van der Waals surface area contributed by atoms with Crippen LogP contribution in [0.5, 0.6) is 5.75 Å². The number of methoxy groups -OCH3 is 1. The van der Waals surface area contributed by atoms with E-state index in [2.05, 4.69) is 24.1 Å². The molecule has 0 radical (unpaired) electrons. The van der Waals surface area contributed by atoms with Crippen molar-refractivity contribution in [3.63, 3.8) is 0 Å². The molecule has 1 unspecified atom stereocenters. The SMILES string of the molecule is COc1ccc2c(c1)C(c1ccc(F)cc1)CN(C)CC2. The summed E-state index contributed by atoms with van der Waals surface area (Å²) in [6, 6.07) is 13.2. The molecule has 1 aliphatic rings. The summed E-state index contributed by atoms with van der Waals surface area (Å²) in [6.07, 6.45) is 1.04. The third kappa shape index (κ3) is 2.93. The third-order valence-corrected chi connectivity index (χ3v) is 4.26. The maximum Gasteiger partial charge on any atom is 0.123 e. The molecule has 1 heterocycles. The Morgan fingerprint density at radius 1 is 1.14 bits per heavy atom. The van der Waals surface area contributed by atoms with Crippen LogP contribution in [-0.4, -0.2) is 32.1 Å². The van der Waals surface area contributed by atoms with Crippen LogP contribution >= 0.6 is 0 Å². The standard InChI is InChI=1S/C18H20FNO/c1-20-10-9-14-5-8-16(21-2)11-17(14)18(12-20)13-3-6-15(19)7-4-13/h3-8,11,18H,9-10,12H2,1-2H3. The molecule has 21 heavy (non-hydrogen) atoms. The lowest BCUT2D eigenvalue weighted by molar-refractivity contribution is 0.338. The summed E-state index contributed by atoms with van der Waals surface area (Å²) in [5.41, 5.74) is 3.81. The summed E-state index contributed by atoms with van der Waals surface area (Å²) in [6.45, 7) is 1.98. The Bertz CT molecular complexity index is 624. The highest BCUT2D eigenvalue weighted by Crippen LogP contribution is 2.33. The first-order valence-corrected chi connectivity index (χ1v) is 7.28. The minimum atomic E-state index is -0.188. The van der Waals surface area contributed by atoms with Crippen molar-refractivity contribution in [2.75, 3.05) is 27.2 Å². The second-order valence-corrected chi connectivity index (χ2v) is 5.68. The molecule has 0 N–H and O–H groups in total. The molecule has 1 aliphatic heterocycles. The van der Waals surface area contributed by atoms with Gasteiger partial charge in [0, 0.05) is 19.0 Å². The Morgan fingerprint density at radius 3 is 2.62 bits per heavy atom. The number of halogens is 1. The average Bonchev–Trinajstić information content (AvgIpc) is 2.67. The predicted octanol–water partition coefficient (Wildman–Crippen LogP) is 3.45. The zero-order chi connectivity index (χ0) is 14.8. The molecule has 0 aromatic heterocycles. The van der Waals surface area contributed by atoms with Crippen molar-refractivity contribution in [3.05, 3.63) is 65.0 Å². The number of hydrogen-bond acceptors (Lipinski definition) is 2. The first-order valence-electron chi connectivity index (χ1n) is 7.28. The topological polar surface area (TPSA) is 12.5 Å². The van der Waals surface area contributed by atoms with E-state index in [-0.39, 0.29) is 11.7 Å². The summed E-state index contributed by atoms with van der Waals surface area (Å²) in [5.74, 6) is 0.945. The van der Waals surface area contributed by atoms with E-state index in [9.17, 15) is 4.39 Å². The zero-order valence-corrected chi connectivity index (χ0v) is 12.5. The second kappa shape index (κ2) is 5.86. The summed E-state index contributed by atoms with van der Waals surface area (Å²) in [7, 11) is 3.83. The minimum absolute atomic E-state index is 0.188. The van der Waals surface area contributed by atoms with Gasteiger partial charge in [0.2, 0.25) is 0 Å². The van der Waals surface area contributed by atoms with Crippen molar-refractivity contribution in [2.45, 2.75) is 12.3 Å². The minimum Gasteiger partial charge on any atom is -0.497 e. The molecule has 110 valence electrons. The van der Waals surface area contributed by atoms with Crippen molar-refractivity contribution in [1.82, 2.24) is 4.90 Å². The van der Waals surface area contributed by atoms with Crippen molar-refractivity contribution in [1.29, 1.82) is 0 Å². The highest BCUT2D eigenvalue weighted by molar-refractivity contribution is 5.44. The average molecular weight is 285 g/mol. The van der Waals surface area contributed by atoms with Gasteiger partial charge in [-0.2, -0.15) is 0 Å². The Balaban J connectivity index is 2.07. The molecule has 3 rings (SSSR count). The molecule has 0 bridgehead atoms. The molecule has 1 atom stereocenters. The van der Waals surface area contributed by atoms with Gasteiger partial charge in [0.1, 0.15) is 11.6 Å². The van der Waals surface area contributed by atoms with Gasteiger partial charge in [-0.1, -0.05) is 18.2 Å². The fraction of sp³-hybridized carbons (Fsp3) is 0.333. The van der Waals surface area contributed by atoms with E-state index in [1.807, 2.05) is 18.2 Å². The summed E-state index contributed by atoms with van der Waals surface area (Å²) in [4.78, 5) is 2.33. The van der Waals surface area contributed by atoms with E-state index in [0.29, 0.717) is 0 Å². The number of hydrogen-bond donors (Lipinski definition) is 0. The van der Waals surface area contributed by atoms with Crippen LogP contribution in [0.2, 0.25) is 0 Å². The van der Waals surface area contributed by atoms with Gasteiger partial charge < -0.3 is 9.64 Å². The van der Waals surface area contributed by atoms with Crippen LogP contribution in [-0.2, 0) is 6.42 Å². The quantitative estimate of drug-likeness (QED) is 0.838. The molecule has 0 spiro atoms. The fourth-order valence-electron chi connectivity index (χ4n) is 3.04. The lowest BCUT2D eigenvalue weighted by Gasteiger charge is -2.22. The van der Waals surface area contributed by atoms with Gasteiger partial charge in [-0.3, -0.25) is 0 Å². The molecule has 0 saturated heterocycles. The Morgan fingerprint density at radius 2 is 1.90 bits per heavy atom. The molecule has 2 aromatic carbocycles. The molecular formula is C18H20FNO. The van der Waals surface area contributed by atoms with Gasteiger partial charge in [0.25, 0.3) is 0 Å². The number of rotatable bonds is 2. The summed E-state index contributed by atoms with van der Waals surface area (Å²) >= 11 is 0. The van der Waals surface area contributed by atoms with Crippen LogP contribution in [0.4, 0.5) is 4.39 Å². The summed E-state index contributed by atoms with van der Waals surface area (Å²) < 4.78 is 18.6. The summed E-state index contributed by atoms with van der Waals surface area (Å²) in [5, 5.41) is 0. The van der Waals surface area contributed by atoms with E-state index >= 15 is 0 Å². The van der Waals surface area contributed by atoms with Crippen LogP contribution in [0.25, 0.3) is 0 Å². The number of benzene rings is 2. The first kappa shape index (κ1) is 14.1. The van der Waals surface area contributed by atoms with Gasteiger partial charge >= 0.3 is 0 Å². The molecule has 3 heteroatoms. The molecule has 2 nitrogen and oxygen atoms in total. The lowest BCUT2D eigenvalue weighted by Crippen LogP contribution is -2.24. The largest absolute Gasteiger partial charge is 0.497 e. The second-order valence-electron chi connectivity index (χ2n) is 5.68. The maximum absolute atomic E-state index is 13.2. The monoisotopic (exact) mass is 285 g/mol. The number of likely N-dealkylation sites (N-methyl/N-ethyl adjacent to an activating group) is 1. The first-order chi connectivity index (χ1) is 10.2. The highest BCUT2D eigenvalue weighted by atomic mass is 19.1. The fourth-order valence-corrected chi connectivity index (χ4v) is 3.04. The third-order valence-electron chi connectivity index (χ3n) is 4.26. The van der Waals surface area contributed by atoms with Gasteiger partial charge in [-0.25, -0.2) is 4.39 Å². The van der Waals surface area contributed by atoms with Gasteiger partial charge in [0.05, 0.1) is 7.11 Å². The van der Waals surface area contributed by atoms with Crippen LogP contribution < -0.4 is 4.74 Å². The number of nitrogens with zero attached hydrogens (tertiary/aromatic N) is 1. The van der Waals surface area contributed by atoms with Gasteiger partial charge in [0.15, 0.2) is 0 Å². The molecule has 2 aromatic rings. The van der Waals surface area contributed by atoms with Gasteiger partial charge in [-0.05, 0) is 54.4 Å². The van der Waals surface area contributed by atoms with Crippen molar-refractivity contribution in [2.24, 2.45) is 0 Å². The molecule has 0 amide bonds. The van der Waals surface area contributed by atoms with E-state index in [1.54, 1.807) is 19.2 Å². The smallest absolute Gasteiger partial charge is 0.123 e. The molecule has 0 aliphatic carbocycles. The zero-order valence-electron chi connectivity index (χ0n) is 12.5. The van der Waals surface area contributed by atoms with Crippen LogP contribution in [0, 0.1) is 5.82 Å². The maximum atomic E-state index is 13.2. The number of fused-ring (bicyclic) bond motifs is 1. The Labute approximate surface area is 125 Å². The van der Waals surface area contributed by atoms with Crippen LogP contribution in [0.15, 0.2) is 42.5 Å². The number of ether oxygens (including phenoxy) is 1. The van der Waals surface area contributed by atoms with E-state index < -0.39 is 0 Å². The van der Waals surface area contributed by atoms with E-state index in [0.717, 1.165) is 30.8 Å². The Kier molecular flexibility index (Phi) is 3.93. The van der Waals surface area contributed by atoms with Crippen LogP contribution in [0.1, 0.15) is 22.6 Å². The van der Waals surface area contributed by atoms with Crippen molar-refractivity contribution < 1.29 is 9.13 Å². The normalized spacial score (nSPS) is 18.9. The van der Waals surface area contributed by atoms with Gasteiger partial charge in [-0.15, -0.1) is 0 Å². The molecule has 0 fully saturated rings. The Hall–Kier alpha value is -1.87. The molecule has 0 saturated carbocycles. The predicted molar refractivity (Wildman–Crippen MR) is 82.4 cm³/mol. The highest BCUT2D eigenvalue weighted by Gasteiger charge is 2.23. The van der Waals surface area contributed by atoms with E-state index in [1.165, 1.54) is 11.1 Å². The lowest BCUT2D eigenvalue weighted by atomic mass is 9.88. The molecular weight excluding hydrogens is 265 g/mol. The van der Waals surface area contributed by atoms with Crippen molar-refractivity contribution in [3.8, 4) is 5.75 Å².